The summed E-state index contributed by atoms with van der Waals surface area (Å²) >= 11 is 0. The maximum atomic E-state index is 13.4. The van der Waals surface area contributed by atoms with E-state index in [0.29, 0.717) is 16.9 Å². The Morgan fingerprint density at radius 2 is 1.53 bits per heavy atom. The number of ether oxygens (including phenoxy) is 2. The van der Waals surface area contributed by atoms with Gasteiger partial charge in [-0.1, -0.05) is 36.4 Å². The number of benzene rings is 3. The van der Waals surface area contributed by atoms with Crippen molar-refractivity contribution < 1.29 is 38.6 Å². The van der Waals surface area contributed by atoms with Crippen LogP contribution in [0.25, 0.3) is 0 Å². The average molecular weight is 619 g/mol. The summed E-state index contributed by atoms with van der Waals surface area (Å²) in [5, 5.41) is 14.3. The Labute approximate surface area is 261 Å². The summed E-state index contributed by atoms with van der Waals surface area (Å²) in [6.45, 7) is 5.43. The number of carboxylic acid groups (broad SMARTS) is 1. The first-order valence-electron chi connectivity index (χ1n) is 14.2. The fourth-order valence-corrected chi connectivity index (χ4v) is 4.06. The van der Waals surface area contributed by atoms with E-state index in [9.17, 15) is 29.1 Å². The molecule has 45 heavy (non-hydrogen) atoms. The van der Waals surface area contributed by atoms with Crippen molar-refractivity contribution in [3.63, 3.8) is 0 Å². The van der Waals surface area contributed by atoms with Gasteiger partial charge in [0.1, 0.15) is 17.9 Å². The maximum Gasteiger partial charge on any atom is 0.326 e. The molecule has 0 aliphatic carbocycles. The van der Waals surface area contributed by atoms with Crippen LogP contribution in [-0.4, -0.2) is 67.2 Å². The van der Waals surface area contributed by atoms with E-state index in [1.54, 1.807) is 76.3 Å². The number of hydrogen-bond donors (Lipinski definition) is 3. The lowest BCUT2D eigenvalue weighted by atomic mass is 10.0. The summed E-state index contributed by atoms with van der Waals surface area (Å²) in [5.41, 5.74) is 1.02. The standard InChI is InChI=1S/C33H38N4O8/c1-22(31(41)42)23-11-9-12-24(17-23)35-32(43)34-19-28(38)37(20-30(40)45-33(2,3)4)26-15-10-16-27(18-26)44-21-29(39)36(5)25-13-7-6-8-14-25/h6-18,22H,19-21H2,1-5H3,(H,41,42)(H2,34,35,43). The Bertz CT molecular complexity index is 1520. The van der Waals surface area contributed by atoms with Crippen LogP contribution in [0, 0.1) is 0 Å². The number of nitrogens with one attached hydrogen (secondary N) is 2. The molecule has 3 N–H and O–H groups in total. The quantitative estimate of drug-likeness (QED) is 0.252. The zero-order chi connectivity index (χ0) is 33.1. The Hall–Kier alpha value is -5.39. The summed E-state index contributed by atoms with van der Waals surface area (Å²) in [4.78, 5) is 65.3. The van der Waals surface area contributed by atoms with E-state index >= 15 is 0 Å². The predicted molar refractivity (Wildman–Crippen MR) is 170 cm³/mol. The minimum atomic E-state index is -1.01. The van der Waals surface area contributed by atoms with Crippen molar-refractivity contribution in [1.82, 2.24) is 5.32 Å². The molecule has 0 saturated heterocycles. The fraction of sp³-hybridized carbons (Fsp3) is 0.303. The van der Waals surface area contributed by atoms with E-state index in [1.165, 1.54) is 24.0 Å². The van der Waals surface area contributed by atoms with Gasteiger partial charge >= 0.3 is 18.0 Å². The minimum absolute atomic E-state index is 0.275. The molecule has 0 fully saturated rings. The molecule has 3 aromatic carbocycles. The highest BCUT2D eigenvalue weighted by atomic mass is 16.6. The summed E-state index contributed by atoms with van der Waals surface area (Å²) in [5.74, 6) is -3.10. The molecule has 0 aliphatic rings. The highest BCUT2D eigenvalue weighted by Gasteiger charge is 2.24. The number of esters is 1. The monoisotopic (exact) mass is 618 g/mol. The summed E-state index contributed by atoms with van der Waals surface area (Å²) in [7, 11) is 1.63. The van der Waals surface area contributed by atoms with Gasteiger partial charge in [-0.25, -0.2) is 4.79 Å². The van der Waals surface area contributed by atoms with Crippen LogP contribution in [0.2, 0.25) is 0 Å². The second kappa shape index (κ2) is 15.4. The smallest absolute Gasteiger partial charge is 0.326 e. The molecule has 0 heterocycles. The normalized spacial score (nSPS) is 11.5. The van der Waals surface area contributed by atoms with Crippen molar-refractivity contribution in [1.29, 1.82) is 0 Å². The summed E-state index contributed by atoms with van der Waals surface area (Å²) in [6, 6.07) is 21.0. The largest absolute Gasteiger partial charge is 0.484 e. The van der Waals surface area contributed by atoms with Crippen LogP contribution in [0.1, 0.15) is 39.2 Å². The van der Waals surface area contributed by atoms with Crippen LogP contribution in [0.5, 0.6) is 5.75 Å². The van der Waals surface area contributed by atoms with Gasteiger partial charge in [0, 0.05) is 30.2 Å². The van der Waals surface area contributed by atoms with Crippen molar-refractivity contribution >= 4 is 46.8 Å². The van der Waals surface area contributed by atoms with Crippen molar-refractivity contribution in [2.24, 2.45) is 0 Å². The number of carboxylic acids is 1. The van der Waals surface area contributed by atoms with Crippen LogP contribution >= 0.6 is 0 Å². The molecule has 0 saturated carbocycles. The van der Waals surface area contributed by atoms with Gasteiger partial charge in [0.05, 0.1) is 12.5 Å². The fourth-order valence-electron chi connectivity index (χ4n) is 4.06. The molecule has 3 aromatic rings. The number of para-hydroxylation sites is 1. The number of anilines is 3. The third-order valence-electron chi connectivity index (χ3n) is 6.43. The minimum Gasteiger partial charge on any atom is -0.484 e. The lowest BCUT2D eigenvalue weighted by Crippen LogP contribution is -2.45. The lowest BCUT2D eigenvalue weighted by Gasteiger charge is -2.26. The molecular formula is C33H38N4O8. The first-order valence-corrected chi connectivity index (χ1v) is 14.2. The van der Waals surface area contributed by atoms with Gasteiger partial charge in [-0.2, -0.15) is 0 Å². The molecule has 4 amide bonds. The average Bonchev–Trinajstić information content (AvgIpc) is 3.00. The van der Waals surface area contributed by atoms with E-state index < -0.39 is 48.5 Å². The molecular weight excluding hydrogens is 580 g/mol. The first-order chi connectivity index (χ1) is 21.2. The van der Waals surface area contributed by atoms with Crippen LogP contribution in [0.3, 0.4) is 0 Å². The predicted octanol–water partition coefficient (Wildman–Crippen LogP) is 4.41. The SMILES string of the molecule is CC(C(=O)O)c1cccc(NC(=O)NCC(=O)N(CC(=O)OC(C)(C)C)c2cccc(OCC(=O)N(C)c3ccccc3)c2)c1. The number of rotatable bonds is 12. The van der Waals surface area contributed by atoms with E-state index in [0.717, 1.165) is 4.90 Å². The van der Waals surface area contributed by atoms with E-state index in [1.807, 2.05) is 18.2 Å². The van der Waals surface area contributed by atoms with E-state index in [4.69, 9.17) is 9.47 Å². The molecule has 0 spiro atoms. The number of amides is 4. The Kier molecular flexibility index (Phi) is 11.6. The van der Waals surface area contributed by atoms with Crippen molar-refractivity contribution in [3.05, 3.63) is 84.4 Å². The molecule has 238 valence electrons. The Morgan fingerprint density at radius 3 is 2.20 bits per heavy atom. The van der Waals surface area contributed by atoms with Crippen LogP contribution in [0.15, 0.2) is 78.9 Å². The third-order valence-corrected chi connectivity index (χ3v) is 6.43. The number of aliphatic carboxylic acids is 1. The molecule has 1 atom stereocenters. The number of carbonyl (C=O) groups is 5. The topological polar surface area (TPSA) is 155 Å². The molecule has 12 nitrogen and oxygen atoms in total. The number of urea groups is 1. The lowest BCUT2D eigenvalue weighted by molar-refractivity contribution is -0.153. The van der Waals surface area contributed by atoms with Gasteiger partial charge in [0.2, 0.25) is 5.91 Å². The van der Waals surface area contributed by atoms with Gasteiger partial charge in [0.15, 0.2) is 6.61 Å². The van der Waals surface area contributed by atoms with Gasteiger partial charge < -0.3 is 30.1 Å². The van der Waals surface area contributed by atoms with E-state index in [2.05, 4.69) is 10.6 Å². The summed E-state index contributed by atoms with van der Waals surface area (Å²) < 4.78 is 11.1. The van der Waals surface area contributed by atoms with E-state index in [-0.39, 0.29) is 24.0 Å². The highest BCUT2D eigenvalue weighted by molar-refractivity contribution is 6.01. The van der Waals surface area contributed by atoms with Crippen molar-refractivity contribution in [2.75, 3.05) is 41.9 Å². The second-order valence-corrected chi connectivity index (χ2v) is 11.1. The van der Waals surface area contributed by atoms with Gasteiger partial charge in [-0.05, 0) is 69.7 Å². The number of hydrogen-bond acceptors (Lipinski definition) is 7. The molecule has 1 unspecified atom stereocenters. The van der Waals surface area contributed by atoms with Crippen LogP contribution in [0.4, 0.5) is 21.9 Å². The Morgan fingerprint density at radius 1 is 0.867 bits per heavy atom. The van der Waals surface area contributed by atoms with Gasteiger partial charge in [0.25, 0.3) is 5.91 Å². The summed E-state index contributed by atoms with van der Waals surface area (Å²) in [6.07, 6.45) is 0. The van der Waals surface area contributed by atoms with Crippen LogP contribution < -0.4 is 25.2 Å². The number of carbonyl (C=O) groups excluding carboxylic acids is 4. The molecule has 0 radical (unpaired) electrons. The van der Waals surface area contributed by atoms with Crippen LogP contribution in [-0.2, 0) is 23.9 Å². The maximum absolute atomic E-state index is 13.4. The zero-order valence-corrected chi connectivity index (χ0v) is 25.9. The zero-order valence-electron chi connectivity index (χ0n) is 25.9. The highest BCUT2D eigenvalue weighted by Crippen LogP contribution is 2.23. The second-order valence-electron chi connectivity index (χ2n) is 11.1. The molecule has 0 aromatic heterocycles. The molecule has 0 bridgehead atoms. The van der Waals surface area contributed by atoms with Crippen molar-refractivity contribution in [3.8, 4) is 5.75 Å². The number of likely N-dealkylation sites (N-methyl/N-ethyl adjacent to an activating group) is 1. The first kappa shape index (κ1) is 34.1. The number of nitrogens with zero attached hydrogens (tertiary/aromatic N) is 2. The molecule has 3 rings (SSSR count). The Balaban J connectivity index is 1.70. The molecule has 12 heteroatoms. The molecule has 0 aliphatic heterocycles. The van der Waals surface area contributed by atoms with Gasteiger partial charge in [-0.15, -0.1) is 0 Å². The van der Waals surface area contributed by atoms with Crippen molar-refractivity contribution in [2.45, 2.75) is 39.2 Å². The van der Waals surface area contributed by atoms with Gasteiger partial charge in [-0.3, -0.25) is 24.1 Å². The third kappa shape index (κ3) is 10.7.